The number of nitrogens with one attached hydrogen (secondary N) is 1. The van der Waals surface area contributed by atoms with E-state index in [0.717, 1.165) is 21.4 Å². The van der Waals surface area contributed by atoms with Crippen LogP contribution in [0.15, 0.2) is 47.1 Å². The van der Waals surface area contributed by atoms with Crippen LogP contribution in [0.25, 0.3) is 11.3 Å². The van der Waals surface area contributed by atoms with Gasteiger partial charge in [0.2, 0.25) is 0 Å². The highest BCUT2D eigenvalue weighted by molar-refractivity contribution is 9.10. The number of nitrogens with zero attached hydrogens (tertiary/aromatic N) is 1. The maximum absolute atomic E-state index is 10.4. The van der Waals surface area contributed by atoms with E-state index in [2.05, 4.69) is 26.2 Å². The van der Waals surface area contributed by atoms with Crippen LogP contribution >= 0.6 is 15.9 Å². The van der Waals surface area contributed by atoms with E-state index in [-0.39, 0.29) is 0 Å². The maximum Gasteiger partial charge on any atom is 0.404 e. The lowest BCUT2D eigenvalue weighted by Crippen LogP contribution is -2.23. The van der Waals surface area contributed by atoms with Crippen LogP contribution in [0.2, 0.25) is 0 Å². The second-order valence-corrected chi connectivity index (χ2v) is 4.84. The van der Waals surface area contributed by atoms with Crippen LogP contribution in [-0.2, 0) is 6.42 Å². The van der Waals surface area contributed by atoms with Crippen molar-refractivity contribution in [2.75, 3.05) is 6.54 Å². The third-order valence-electron chi connectivity index (χ3n) is 2.63. The molecule has 1 aromatic heterocycles. The first-order valence-corrected chi connectivity index (χ1v) is 6.63. The second kappa shape index (κ2) is 6.33. The van der Waals surface area contributed by atoms with Gasteiger partial charge in [-0.05, 0) is 46.1 Å². The first-order valence-electron chi connectivity index (χ1n) is 5.84. The van der Waals surface area contributed by atoms with Crippen molar-refractivity contribution in [3.05, 3.63) is 52.6 Å². The molecule has 0 aliphatic heterocycles. The lowest BCUT2D eigenvalue weighted by atomic mass is 10.1. The van der Waals surface area contributed by atoms with Gasteiger partial charge in [0, 0.05) is 12.1 Å². The Labute approximate surface area is 119 Å². The molecule has 0 bridgehead atoms. The fourth-order valence-electron chi connectivity index (χ4n) is 1.77. The minimum Gasteiger partial charge on any atom is -0.465 e. The summed E-state index contributed by atoms with van der Waals surface area (Å²) in [6.07, 6.45) is -0.335. The van der Waals surface area contributed by atoms with Gasteiger partial charge in [-0.25, -0.2) is 9.78 Å². The van der Waals surface area contributed by atoms with Crippen LogP contribution in [0.1, 0.15) is 5.56 Å². The summed E-state index contributed by atoms with van der Waals surface area (Å²) >= 11 is 3.35. The Bertz CT molecular complexity index is 587. The summed E-state index contributed by atoms with van der Waals surface area (Å²) < 4.78 is 0.794. The van der Waals surface area contributed by atoms with Gasteiger partial charge in [0.25, 0.3) is 0 Å². The van der Waals surface area contributed by atoms with Crippen LogP contribution in [0, 0.1) is 0 Å². The van der Waals surface area contributed by atoms with E-state index >= 15 is 0 Å². The quantitative estimate of drug-likeness (QED) is 0.849. The Morgan fingerprint density at radius 3 is 2.79 bits per heavy atom. The number of benzene rings is 1. The summed E-state index contributed by atoms with van der Waals surface area (Å²) in [4.78, 5) is 14.8. The van der Waals surface area contributed by atoms with Gasteiger partial charge < -0.3 is 10.4 Å². The topological polar surface area (TPSA) is 62.2 Å². The molecule has 4 nitrogen and oxygen atoms in total. The Balaban J connectivity index is 2.13. The number of halogens is 1. The van der Waals surface area contributed by atoms with Crippen LogP contribution in [0.3, 0.4) is 0 Å². The zero-order valence-electron chi connectivity index (χ0n) is 10.1. The molecule has 0 atom stereocenters. The van der Waals surface area contributed by atoms with Crippen LogP contribution in [0.4, 0.5) is 4.79 Å². The van der Waals surface area contributed by atoms with E-state index in [1.54, 1.807) is 0 Å². The van der Waals surface area contributed by atoms with E-state index in [0.29, 0.717) is 13.0 Å². The van der Waals surface area contributed by atoms with Gasteiger partial charge in [-0.2, -0.15) is 0 Å². The van der Waals surface area contributed by atoms with E-state index in [9.17, 15) is 4.79 Å². The number of rotatable bonds is 4. The van der Waals surface area contributed by atoms with Gasteiger partial charge in [-0.1, -0.05) is 24.3 Å². The highest BCUT2D eigenvalue weighted by atomic mass is 79.9. The smallest absolute Gasteiger partial charge is 0.404 e. The normalized spacial score (nSPS) is 10.2. The van der Waals surface area contributed by atoms with Crippen LogP contribution < -0.4 is 5.32 Å². The number of carboxylic acid groups (broad SMARTS) is 1. The van der Waals surface area contributed by atoms with Crippen molar-refractivity contribution >= 4 is 22.0 Å². The molecule has 1 aromatic carbocycles. The second-order valence-electron chi connectivity index (χ2n) is 4.03. The predicted molar refractivity (Wildman–Crippen MR) is 77.1 cm³/mol. The highest BCUT2D eigenvalue weighted by Gasteiger charge is 2.02. The van der Waals surface area contributed by atoms with Crippen molar-refractivity contribution in [1.29, 1.82) is 0 Å². The van der Waals surface area contributed by atoms with Gasteiger partial charge >= 0.3 is 6.09 Å². The zero-order chi connectivity index (χ0) is 13.7. The number of aromatic nitrogens is 1. The molecule has 0 radical (unpaired) electrons. The highest BCUT2D eigenvalue weighted by Crippen LogP contribution is 2.20. The van der Waals surface area contributed by atoms with Gasteiger partial charge in [-0.3, -0.25) is 0 Å². The summed E-state index contributed by atoms with van der Waals surface area (Å²) in [5.74, 6) is 0. The summed E-state index contributed by atoms with van der Waals surface area (Å²) in [5, 5.41) is 10.9. The van der Waals surface area contributed by atoms with Crippen molar-refractivity contribution in [1.82, 2.24) is 10.3 Å². The fourth-order valence-corrected chi connectivity index (χ4v) is 2.11. The third kappa shape index (κ3) is 4.06. The fraction of sp³-hybridized carbons (Fsp3) is 0.143. The molecule has 0 unspecified atom stereocenters. The molecule has 0 fully saturated rings. The summed E-state index contributed by atoms with van der Waals surface area (Å²) in [6, 6.07) is 13.7. The summed E-state index contributed by atoms with van der Waals surface area (Å²) in [5.41, 5.74) is 2.99. The van der Waals surface area contributed by atoms with Crippen LogP contribution in [0.5, 0.6) is 0 Å². The Hall–Kier alpha value is -1.88. The third-order valence-corrected chi connectivity index (χ3v) is 3.07. The van der Waals surface area contributed by atoms with Crippen molar-refractivity contribution < 1.29 is 9.90 Å². The van der Waals surface area contributed by atoms with Crippen molar-refractivity contribution in [2.45, 2.75) is 6.42 Å². The van der Waals surface area contributed by atoms with E-state index in [1.807, 2.05) is 42.5 Å². The lowest BCUT2D eigenvalue weighted by molar-refractivity contribution is 0.194. The molecule has 0 aliphatic carbocycles. The monoisotopic (exact) mass is 320 g/mol. The largest absolute Gasteiger partial charge is 0.465 e. The van der Waals surface area contributed by atoms with Crippen molar-refractivity contribution in [3.8, 4) is 11.3 Å². The molecule has 2 rings (SSSR count). The summed E-state index contributed by atoms with van der Waals surface area (Å²) in [6.45, 7) is 0.407. The minimum atomic E-state index is -0.996. The molecule has 1 amide bonds. The number of hydrogen-bond donors (Lipinski definition) is 2. The number of carbonyl (C=O) groups is 1. The Morgan fingerprint density at radius 1 is 1.26 bits per heavy atom. The van der Waals surface area contributed by atoms with Crippen molar-refractivity contribution in [3.63, 3.8) is 0 Å². The zero-order valence-corrected chi connectivity index (χ0v) is 11.7. The van der Waals surface area contributed by atoms with Gasteiger partial charge in [0.1, 0.15) is 4.60 Å². The molecule has 0 spiro atoms. The predicted octanol–water partition coefficient (Wildman–Crippen LogP) is 3.32. The summed E-state index contributed by atoms with van der Waals surface area (Å²) in [7, 11) is 0. The molecule has 2 aromatic rings. The molecule has 0 aliphatic rings. The lowest BCUT2D eigenvalue weighted by Gasteiger charge is -2.05. The molecule has 0 saturated heterocycles. The average molecular weight is 321 g/mol. The molecular formula is C14H13BrN2O2. The number of pyridine rings is 1. The first kappa shape index (κ1) is 13.5. The first-order chi connectivity index (χ1) is 9.15. The molecule has 0 saturated carbocycles. The van der Waals surface area contributed by atoms with Gasteiger partial charge in [0.15, 0.2) is 0 Å². The van der Waals surface area contributed by atoms with Crippen molar-refractivity contribution in [2.24, 2.45) is 0 Å². The van der Waals surface area contributed by atoms with E-state index < -0.39 is 6.09 Å². The standard InChI is InChI=1S/C14H13BrN2O2/c15-13-6-2-5-12(17-13)11-4-1-3-10(9-11)7-8-16-14(18)19/h1-6,9,16H,7-8H2,(H,18,19). The number of amides is 1. The Morgan fingerprint density at radius 2 is 2.05 bits per heavy atom. The molecule has 98 valence electrons. The van der Waals surface area contributed by atoms with Crippen LogP contribution in [-0.4, -0.2) is 22.7 Å². The molecular weight excluding hydrogens is 308 g/mol. The van der Waals surface area contributed by atoms with E-state index in [4.69, 9.17) is 5.11 Å². The molecule has 5 heteroatoms. The number of hydrogen-bond acceptors (Lipinski definition) is 2. The molecule has 19 heavy (non-hydrogen) atoms. The molecule has 2 N–H and O–H groups in total. The minimum absolute atomic E-state index is 0.407. The van der Waals surface area contributed by atoms with Gasteiger partial charge in [-0.15, -0.1) is 0 Å². The Kier molecular flexibility index (Phi) is 4.52. The molecule has 1 heterocycles. The maximum atomic E-state index is 10.4. The SMILES string of the molecule is O=C(O)NCCc1cccc(-c2cccc(Br)n2)c1. The van der Waals surface area contributed by atoms with E-state index in [1.165, 1.54) is 0 Å². The van der Waals surface area contributed by atoms with Gasteiger partial charge in [0.05, 0.1) is 5.69 Å². The average Bonchev–Trinajstić information content (AvgIpc) is 2.39.